The minimum absolute atomic E-state index is 0.575. The molecule has 0 radical (unpaired) electrons. The predicted octanol–water partition coefficient (Wildman–Crippen LogP) is 3.91. The van der Waals surface area contributed by atoms with Crippen molar-refractivity contribution in [1.29, 1.82) is 5.26 Å². The molecular weight excluding hydrogens is 336 g/mol. The monoisotopic (exact) mass is 350 g/mol. The molecule has 6 heteroatoms. The van der Waals surface area contributed by atoms with Crippen LogP contribution in [0, 0.1) is 11.3 Å². The number of anilines is 1. The van der Waals surface area contributed by atoms with E-state index < -0.39 is 0 Å². The number of aromatic nitrogens is 2. The van der Waals surface area contributed by atoms with Crippen molar-refractivity contribution in [2.45, 2.75) is 33.2 Å². The molecule has 2 rings (SSSR count). The molecule has 2 aromatic heterocycles. The Labute approximate surface area is 131 Å². The summed E-state index contributed by atoms with van der Waals surface area (Å²) in [5.41, 5.74) is 2.53. The van der Waals surface area contributed by atoms with E-state index in [0.29, 0.717) is 17.9 Å². The maximum Gasteiger partial charge on any atom is 0.167 e. The number of aryl methyl sites for hydroxylation is 1. The Morgan fingerprint density at radius 2 is 2.15 bits per heavy atom. The second-order valence-electron chi connectivity index (χ2n) is 4.25. The van der Waals surface area contributed by atoms with Crippen molar-refractivity contribution in [2.75, 3.05) is 5.32 Å². The number of halogens is 1. The highest BCUT2D eigenvalue weighted by Gasteiger charge is 2.14. The molecule has 4 nitrogen and oxygen atoms in total. The zero-order chi connectivity index (χ0) is 14.5. The summed E-state index contributed by atoms with van der Waals surface area (Å²) in [6, 6.07) is 4.31. The standard InChI is InChI=1S/C14H15BrN4S/c1-3-11-12(6-16)14(19-18-13(11)4-2)17-7-10-5-9(15)8-20-10/h5,8H,3-4,7H2,1-2H3,(H,17,19). The molecule has 0 saturated carbocycles. The molecule has 0 unspecified atom stereocenters. The topological polar surface area (TPSA) is 61.6 Å². The number of nitrogens with one attached hydrogen (secondary N) is 1. The van der Waals surface area contributed by atoms with Crippen LogP contribution in [0.4, 0.5) is 5.82 Å². The Morgan fingerprint density at radius 3 is 2.70 bits per heavy atom. The number of hydrogen-bond acceptors (Lipinski definition) is 5. The molecule has 0 spiro atoms. The van der Waals surface area contributed by atoms with E-state index in [2.05, 4.69) is 43.6 Å². The average molecular weight is 351 g/mol. The molecule has 104 valence electrons. The highest BCUT2D eigenvalue weighted by Crippen LogP contribution is 2.23. The maximum absolute atomic E-state index is 9.39. The van der Waals surface area contributed by atoms with Crippen LogP contribution in [0.5, 0.6) is 0 Å². The Hall–Kier alpha value is -1.45. The van der Waals surface area contributed by atoms with Gasteiger partial charge in [-0.25, -0.2) is 0 Å². The molecular formula is C14H15BrN4S. The van der Waals surface area contributed by atoms with Crippen molar-refractivity contribution in [2.24, 2.45) is 0 Å². The Morgan fingerprint density at radius 1 is 1.35 bits per heavy atom. The normalized spacial score (nSPS) is 10.3. The van der Waals surface area contributed by atoms with Crippen molar-refractivity contribution in [3.05, 3.63) is 37.6 Å². The molecule has 0 aromatic carbocycles. The highest BCUT2D eigenvalue weighted by atomic mass is 79.9. The molecule has 0 aliphatic carbocycles. The summed E-state index contributed by atoms with van der Waals surface area (Å²) in [5.74, 6) is 0.575. The number of hydrogen-bond donors (Lipinski definition) is 1. The van der Waals surface area contributed by atoms with Crippen LogP contribution >= 0.6 is 27.3 Å². The van der Waals surface area contributed by atoms with Crippen LogP contribution in [0.2, 0.25) is 0 Å². The van der Waals surface area contributed by atoms with Gasteiger partial charge in [0.1, 0.15) is 11.6 Å². The predicted molar refractivity (Wildman–Crippen MR) is 84.8 cm³/mol. The van der Waals surface area contributed by atoms with Gasteiger partial charge < -0.3 is 5.32 Å². The van der Waals surface area contributed by atoms with Gasteiger partial charge in [0.25, 0.3) is 0 Å². The highest BCUT2D eigenvalue weighted by molar-refractivity contribution is 9.10. The lowest BCUT2D eigenvalue weighted by atomic mass is 10.0. The van der Waals surface area contributed by atoms with Crippen LogP contribution in [-0.2, 0) is 19.4 Å². The quantitative estimate of drug-likeness (QED) is 0.887. The minimum Gasteiger partial charge on any atom is -0.363 e. The Balaban J connectivity index is 2.25. The third-order valence-corrected chi connectivity index (χ3v) is 4.71. The fraction of sp³-hybridized carbons (Fsp3) is 0.357. The number of rotatable bonds is 5. The zero-order valence-corrected chi connectivity index (χ0v) is 13.8. The van der Waals surface area contributed by atoms with Crippen LogP contribution in [0.3, 0.4) is 0 Å². The van der Waals surface area contributed by atoms with Gasteiger partial charge in [0, 0.05) is 14.7 Å². The van der Waals surface area contributed by atoms with Crippen molar-refractivity contribution >= 4 is 33.1 Å². The molecule has 0 saturated heterocycles. The van der Waals surface area contributed by atoms with Crippen LogP contribution in [0.15, 0.2) is 15.9 Å². The summed E-state index contributed by atoms with van der Waals surface area (Å²) in [6.07, 6.45) is 1.59. The summed E-state index contributed by atoms with van der Waals surface area (Å²) in [5, 5.41) is 23.0. The summed E-state index contributed by atoms with van der Waals surface area (Å²) >= 11 is 5.09. The van der Waals surface area contributed by atoms with E-state index in [-0.39, 0.29) is 0 Å². The zero-order valence-electron chi connectivity index (χ0n) is 11.4. The van der Waals surface area contributed by atoms with Gasteiger partial charge in [-0.3, -0.25) is 0 Å². The summed E-state index contributed by atoms with van der Waals surface area (Å²) in [6.45, 7) is 4.71. The van der Waals surface area contributed by atoms with Gasteiger partial charge in [-0.05, 0) is 40.4 Å². The van der Waals surface area contributed by atoms with Gasteiger partial charge in [0.05, 0.1) is 12.2 Å². The van der Waals surface area contributed by atoms with Gasteiger partial charge in [0.2, 0.25) is 0 Å². The third kappa shape index (κ3) is 3.17. The van der Waals surface area contributed by atoms with Crippen LogP contribution in [0.25, 0.3) is 0 Å². The molecule has 0 aliphatic heterocycles. The van der Waals surface area contributed by atoms with Crippen LogP contribution < -0.4 is 5.32 Å². The van der Waals surface area contributed by atoms with E-state index in [1.807, 2.05) is 19.2 Å². The molecule has 0 amide bonds. The van der Waals surface area contributed by atoms with E-state index in [1.54, 1.807) is 11.3 Å². The van der Waals surface area contributed by atoms with Crippen molar-refractivity contribution in [3.8, 4) is 6.07 Å². The van der Waals surface area contributed by atoms with Gasteiger partial charge in [-0.1, -0.05) is 13.8 Å². The van der Waals surface area contributed by atoms with Gasteiger partial charge in [-0.15, -0.1) is 16.4 Å². The molecule has 1 N–H and O–H groups in total. The average Bonchev–Trinajstić information content (AvgIpc) is 2.89. The molecule has 20 heavy (non-hydrogen) atoms. The van der Waals surface area contributed by atoms with E-state index >= 15 is 0 Å². The van der Waals surface area contributed by atoms with Crippen LogP contribution in [0.1, 0.15) is 35.5 Å². The molecule has 0 aliphatic rings. The third-order valence-electron chi connectivity index (χ3n) is 3.01. The first-order chi connectivity index (χ1) is 9.69. The first-order valence-electron chi connectivity index (χ1n) is 6.44. The first kappa shape index (κ1) is 14.9. The Bertz CT molecular complexity index is 645. The van der Waals surface area contributed by atoms with E-state index in [9.17, 15) is 5.26 Å². The van der Waals surface area contributed by atoms with Crippen molar-refractivity contribution in [3.63, 3.8) is 0 Å². The fourth-order valence-corrected chi connectivity index (χ4v) is 3.43. The van der Waals surface area contributed by atoms with Crippen LogP contribution in [-0.4, -0.2) is 10.2 Å². The Kier molecular flexibility index (Phi) is 5.10. The lowest BCUT2D eigenvalue weighted by Crippen LogP contribution is -2.09. The molecule has 0 bridgehead atoms. The van der Waals surface area contributed by atoms with Gasteiger partial charge >= 0.3 is 0 Å². The van der Waals surface area contributed by atoms with Gasteiger partial charge in [-0.2, -0.15) is 10.4 Å². The first-order valence-corrected chi connectivity index (χ1v) is 8.12. The lowest BCUT2D eigenvalue weighted by molar-refractivity contribution is 0.870. The summed E-state index contributed by atoms with van der Waals surface area (Å²) in [7, 11) is 0. The second-order valence-corrected chi connectivity index (χ2v) is 6.16. The molecule has 0 atom stereocenters. The molecule has 2 heterocycles. The summed E-state index contributed by atoms with van der Waals surface area (Å²) in [4.78, 5) is 1.18. The number of nitriles is 1. The van der Waals surface area contributed by atoms with Crippen molar-refractivity contribution < 1.29 is 0 Å². The molecule has 0 fully saturated rings. The SMILES string of the molecule is CCc1nnc(NCc2cc(Br)cs2)c(C#N)c1CC. The lowest BCUT2D eigenvalue weighted by Gasteiger charge is -2.11. The largest absolute Gasteiger partial charge is 0.363 e. The number of nitrogens with zero attached hydrogens (tertiary/aromatic N) is 3. The number of thiophene rings is 1. The molecule has 2 aromatic rings. The second kappa shape index (κ2) is 6.82. The summed E-state index contributed by atoms with van der Waals surface area (Å²) < 4.78 is 1.07. The van der Waals surface area contributed by atoms with Gasteiger partial charge in [0.15, 0.2) is 5.82 Å². The van der Waals surface area contributed by atoms with E-state index in [0.717, 1.165) is 28.6 Å². The van der Waals surface area contributed by atoms with E-state index in [1.165, 1.54) is 4.88 Å². The smallest absolute Gasteiger partial charge is 0.167 e. The van der Waals surface area contributed by atoms with E-state index in [4.69, 9.17) is 0 Å². The minimum atomic E-state index is 0.575. The van der Waals surface area contributed by atoms with Crippen molar-refractivity contribution in [1.82, 2.24) is 10.2 Å². The maximum atomic E-state index is 9.39. The fourth-order valence-electron chi connectivity index (χ4n) is 2.03.